The fourth-order valence-electron chi connectivity index (χ4n) is 4.48. The minimum Gasteiger partial charge on any atom is -0.497 e. The van der Waals surface area contributed by atoms with Gasteiger partial charge in [-0.05, 0) is 76.8 Å². The summed E-state index contributed by atoms with van der Waals surface area (Å²) >= 11 is 4.36. The van der Waals surface area contributed by atoms with Gasteiger partial charge < -0.3 is 25.0 Å². The van der Waals surface area contributed by atoms with E-state index in [-0.39, 0.29) is 29.5 Å². The van der Waals surface area contributed by atoms with Crippen LogP contribution in [0.3, 0.4) is 0 Å². The maximum absolute atomic E-state index is 14.0. The summed E-state index contributed by atoms with van der Waals surface area (Å²) in [5, 5.41) is 5.63. The Labute approximate surface area is 230 Å². The summed E-state index contributed by atoms with van der Waals surface area (Å²) in [5.41, 5.74) is 2.53. The summed E-state index contributed by atoms with van der Waals surface area (Å²) in [6, 6.07) is 10.9. The minimum atomic E-state index is -0.969. The molecule has 0 bridgehead atoms. The molecule has 8 nitrogen and oxygen atoms in total. The third-order valence-electron chi connectivity index (χ3n) is 6.29. The molecule has 206 valence electrons. The van der Waals surface area contributed by atoms with Crippen molar-refractivity contribution in [1.29, 1.82) is 0 Å². The van der Waals surface area contributed by atoms with Crippen molar-refractivity contribution in [3.05, 3.63) is 59.2 Å². The van der Waals surface area contributed by atoms with Crippen LogP contribution in [0.25, 0.3) is 0 Å². The molecule has 0 saturated heterocycles. The number of amides is 3. The molecular weight excluding hydrogens is 502 g/mol. The fourth-order valence-corrected chi connectivity index (χ4v) is 4.73. The Morgan fingerprint density at radius 2 is 1.66 bits per heavy atom. The Morgan fingerprint density at radius 1 is 1.08 bits per heavy atom. The summed E-state index contributed by atoms with van der Waals surface area (Å²) in [6.07, 6.45) is 0.0496. The Bertz CT molecular complexity index is 1140. The van der Waals surface area contributed by atoms with Gasteiger partial charge in [-0.3, -0.25) is 9.59 Å². The third kappa shape index (κ3) is 7.66. The van der Waals surface area contributed by atoms with E-state index >= 15 is 0 Å². The van der Waals surface area contributed by atoms with Crippen molar-refractivity contribution in [2.24, 2.45) is 5.92 Å². The first-order valence-corrected chi connectivity index (χ1v) is 13.4. The van der Waals surface area contributed by atoms with E-state index in [2.05, 4.69) is 23.3 Å². The van der Waals surface area contributed by atoms with E-state index < -0.39 is 23.8 Å². The molecule has 4 unspecified atom stereocenters. The Kier molecular flexibility index (Phi) is 9.35. The molecular formula is C29H39N3O5S. The van der Waals surface area contributed by atoms with Crippen LogP contribution in [0.4, 0.5) is 10.5 Å². The molecule has 1 saturated carbocycles. The van der Waals surface area contributed by atoms with Crippen molar-refractivity contribution in [3.8, 4) is 5.75 Å². The van der Waals surface area contributed by atoms with Crippen molar-refractivity contribution in [2.45, 2.75) is 71.7 Å². The predicted molar refractivity (Wildman–Crippen MR) is 152 cm³/mol. The van der Waals surface area contributed by atoms with E-state index in [4.69, 9.17) is 9.47 Å². The highest BCUT2D eigenvalue weighted by molar-refractivity contribution is 7.80. The van der Waals surface area contributed by atoms with Crippen LogP contribution >= 0.6 is 12.6 Å². The molecule has 1 aliphatic carbocycles. The van der Waals surface area contributed by atoms with Gasteiger partial charge in [-0.1, -0.05) is 36.2 Å². The molecule has 0 aliphatic heterocycles. The van der Waals surface area contributed by atoms with E-state index in [0.717, 1.165) is 17.5 Å². The van der Waals surface area contributed by atoms with Crippen LogP contribution in [-0.2, 0) is 14.3 Å². The average molecular weight is 542 g/mol. The summed E-state index contributed by atoms with van der Waals surface area (Å²) < 4.78 is 10.6. The number of aryl methyl sites for hydroxylation is 2. The standard InChI is InChI=1S/C29H39N3O5S/c1-17-12-18(2)14-20(13-17)25(26(33)30-21-8-10-22(36-7)11-9-21)32(24-15-19(24)3)27(34)23(16-38)31-28(35)37-29(4,5)6/h8-14,19,23-25,38H,15-16H2,1-7H3,(H,30,33)(H,31,35). The van der Waals surface area contributed by atoms with Crippen LogP contribution < -0.4 is 15.4 Å². The molecule has 2 aromatic carbocycles. The highest BCUT2D eigenvalue weighted by Crippen LogP contribution is 2.41. The molecule has 2 N–H and O–H groups in total. The van der Waals surface area contributed by atoms with Gasteiger partial charge in [0.05, 0.1) is 7.11 Å². The number of benzene rings is 2. The van der Waals surface area contributed by atoms with Gasteiger partial charge in [0.25, 0.3) is 5.91 Å². The maximum Gasteiger partial charge on any atom is 0.408 e. The van der Waals surface area contributed by atoms with Crippen molar-refractivity contribution in [3.63, 3.8) is 0 Å². The number of hydrogen-bond donors (Lipinski definition) is 3. The van der Waals surface area contributed by atoms with Crippen LogP contribution in [0.2, 0.25) is 0 Å². The number of carbonyl (C=O) groups excluding carboxylic acids is 3. The summed E-state index contributed by atoms with van der Waals surface area (Å²) in [4.78, 5) is 42.1. The Morgan fingerprint density at radius 3 is 2.13 bits per heavy atom. The van der Waals surface area contributed by atoms with Crippen LogP contribution in [0, 0.1) is 19.8 Å². The van der Waals surface area contributed by atoms with Gasteiger partial charge in [-0.25, -0.2) is 4.79 Å². The minimum absolute atomic E-state index is 0.0509. The van der Waals surface area contributed by atoms with Crippen molar-refractivity contribution >= 4 is 36.2 Å². The number of anilines is 1. The van der Waals surface area contributed by atoms with Gasteiger partial charge in [0, 0.05) is 17.5 Å². The Hall–Kier alpha value is -3.20. The van der Waals surface area contributed by atoms with E-state index in [1.807, 2.05) is 39.0 Å². The second-order valence-electron chi connectivity index (χ2n) is 10.9. The van der Waals surface area contributed by atoms with E-state index in [9.17, 15) is 14.4 Å². The number of rotatable bonds is 9. The monoisotopic (exact) mass is 541 g/mol. The van der Waals surface area contributed by atoms with Gasteiger partial charge in [0.15, 0.2) is 0 Å². The first-order valence-electron chi connectivity index (χ1n) is 12.8. The molecule has 4 atom stereocenters. The van der Waals surface area contributed by atoms with E-state index in [1.54, 1.807) is 57.0 Å². The highest BCUT2D eigenvalue weighted by Gasteiger charge is 2.48. The lowest BCUT2D eigenvalue weighted by atomic mass is 9.98. The quantitative estimate of drug-likeness (QED) is 0.386. The molecule has 1 fully saturated rings. The number of ether oxygens (including phenoxy) is 2. The summed E-state index contributed by atoms with van der Waals surface area (Å²) in [7, 11) is 1.58. The molecule has 0 aromatic heterocycles. The third-order valence-corrected chi connectivity index (χ3v) is 6.66. The van der Waals surface area contributed by atoms with Gasteiger partial charge in [0.1, 0.15) is 23.4 Å². The lowest BCUT2D eigenvalue weighted by Gasteiger charge is -2.35. The number of carbonyl (C=O) groups is 3. The largest absolute Gasteiger partial charge is 0.497 e. The summed E-state index contributed by atoms with van der Waals surface area (Å²) in [5.74, 6) is 0.206. The summed E-state index contributed by atoms with van der Waals surface area (Å²) in [6.45, 7) is 11.2. The average Bonchev–Trinajstić information content (AvgIpc) is 3.54. The maximum atomic E-state index is 14.0. The van der Waals surface area contributed by atoms with Crippen LogP contribution in [0.5, 0.6) is 5.75 Å². The van der Waals surface area contributed by atoms with Crippen LogP contribution in [-0.4, -0.2) is 53.4 Å². The zero-order chi connectivity index (χ0) is 28.2. The topological polar surface area (TPSA) is 97.0 Å². The SMILES string of the molecule is COc1ccc(NC(=O)C(c2cc(C)cc(C)c2)N(C(=O)C(CS)NC(=O)OC(C)(C)C)C2CC2C)cc1. The predicted octanol–water partition coefficient (Wildman–Crippen LogP) is 5.05. The number of alkyl carbamates (subject to hydrolysis) is 1. The molecule has 38 heavy (non-hydrogen) atoms. The zero-order valence-electron chi connectivity index (χ0n) is 23.2. The normalized spacial score (nSPS) is 18.1. The van der Waals surface area contributed by atoms with E-state index in [0.29, 0.717) is 17.0 Å². The first-order chi connectivity index (χ1) is 17.8. The van der Waals surface area contributed by atoms with Crippen molar-refractivity contribution in [1.82, 2.24) is 10.2 Å². The van der Waals surface area contributed by atoms with Crippen molar-refractivity contribution in [2.75, 3.05) is 18.2 Å². The smallest absolute Gasteiger partial charge is 0.408 e. The molecule has 0 radical (unpaired) electrons. The molecule has 0 spiro atoms. The molecule has 2 aromatic rings. The van der Waals surface area contributed by atoms with E-state index in [1.165, 1.54) is 0 Å². The van der Waals surface area contributed by atoms with Crippen LogP contribution in [0.1, 0.15) is 56.8 Å². The fraction of sp³-hybridized carbons (Fsp3) is 0.483. The lowest BCUT2D eigenvalue weighted by Crippen LogP contribution is -2.54. The number of thiol groups is 1. The van der Waals surface area contributed by atoms with Gasteiger partial charge in [-0.15, -0.1) is 0 Å². The van der Waals surface area contributed by atoms with Crippen molar-refractivity contribution < 1.29 is 23.9 Å². The lowest BCUT2D eigenvalue weighted by molar-refractivity contribution is -0.141. The number of hydrogen-bond acceptors (Lipinski definition) is 6. The second kappa shape index (κ2) is 12.1. The molecule has 1 aliphatic rings. The highest BCUT2D eigenvalue weighted by atomic mass is 32.1. The Balaban J connectivity index is 2.00. The van der Waals surface area contributed by atoms with Gasteiger partial charge in [-0.2, -0.15) is 12.6 Å². The number of nitrogens with zero attached hydrogens (tertiary/aromatic N) is 1. The zero-order valence-corrected chi connectivity index (χ0v) is 24.1. The second-order valence-corrected chi connectivity index (χ2v) is 11.3. The molecule has 9 heteroatoms. The molecule has 3 rings (SSSR count). The molecule has 3 amide bonds. The van der Waals surface area contributed by atoms with Gasteiger partial charge >= 0.3 is 6.09 Å². The van der Waals surface area contributed by atoms with Crippen LogP contribution in [0.15, 0.2) is 42.5 Å². The number of nitrogens with one attached hydrogen (secondary N) is 2. The van der Waals surface area contributed by atoms with Gasteiger partial charge in [0.2, 0.25) is 5.91 Å². The number of methoxy groups -OCH3 is 1. The first kappa shape index (κ1) is 29.4. The molecule has 0 heterocycles.